The summed E-state index contributed by atoms with van der Waals surface area (Å²) in [6.45, 7) is -0.375. The zero-order valence-corrected chi connectivity index (χ0v) is 14.0. The molecule has 0 saturated carbocycles. The minimum atomic E-state index is -4.74. The third kappa shape index (κ3) is 4.62. The molecule has 0 radical (unpaired) electrons. The van der Waals surface area contributed by atoms with Gasteiger partial charge in [-0.3, -0.25) is 4.79 Å². The second-order valence-electron chi connectivity index (χ2n) is 5.32. The third-order valence-electron chi connectivity index (χ3n) is 3.34. The minimum absolute atomic E-state index is 0.0939. The van der Waals surface area contributed by atoms with Crippen molar-refractivity contribution in [2.24, 2.45) is 0 Å². The van der Waals surface area contributed by atoms with Crippen molar-refractivity contribution >= 4 is 17.4 Å². The first-order chi connectivity index (χ1) is 12.7. The van der Waals surface area contributed by atoms with Crippen LogP contribution in [0.5, 0.6) is 5.75 Å². The number of ether oxygens (including phenoxy) is 1. The number of alkyl halides is 3. The Kier molecular flexibility index (Phi) is 5.13. The van der Waals surface area contributed by atoms with Crippen LogP contribution < -0.4 is 4.74 Å². The maximum atomic E-state index is 13.2. The van der Waals surface area contributed by atoms with E-state index in [2.05, 4.69) is 14.7 Å². The van der Waals surface area contributed by atoms with E-state index in [0.29, 0.717) is 0 Å². The lowest BCUT2D eigenvalue weighted by Gasteiger charge is -2.06. The Balaban J connectivity index is 1.67. The van der Waals surface area contributed by atoms with Crippen LogP contribution in [0.2, 0.25) is 5.02 Å². The van der Waals surface area contributed by atoms with Crippen molar-refractivity contribution in [3.05, 3.63) is 64.8 Å². The second-order valence-corrected chi connectivity index (χ2v) is 5.75. The lowest BCUT2D eigenvalue weighted by Crippen LogP contribution is -2.11. The summed E-state index contributed by atoms with van der Waals surface area (Å²) in [7, 11) is 0. The average Bonchev–Trinajstić information content (AvgIpc) is 3.09. The number of carbonyl (C=O) groups excluding carboxylic acids is 1. The number of ketones is 1. The highest BCUT2D eigenvalue weighted by Gasteiger charge is 2.38. The van der Waals surface area contributed by atoms with Crippen molar-refractivity contribution in [2.45, 2.75) is 6.18 Å². The SMILES string of the molecule is O=C(COc1cc(F)cc(Cl)c1)c1ccc(-c2noc(C(F)(F)F)n2)cc1. The molecule has 27 heavy (non-hydrogen) atoms. The predicted octanol–water partition coefficient (Wildman–Crippen LogP) is 4.81. The van der Waals surface area contributed by atoms with E-state index in [1.165, 1.54) is 30.3 Å². The number of benzene rings is 2. The predicted molar refractivity (Wildman–Crippen MR) is 86.0 cm³/mol. The van der Waals surface area contributed by atoms with Crippen LogP contribution >= 0.6 is 11.6 Å². The zero-order chi connectivity index (χ0) is 19.6. The van der Waals surface area contributed by atoms with Crippen LogP contribution in [-0.4, -0.2) is 22.5 Å². The highest BCUT2D eigenvalue weighted by molar-refractivity contribution is 6.30. The summed E-state index contributed by atoms with van der Waals surface area (Å²) in [6.07, 6.45) is -4.74. The summed E-state index contributed by atoms with van der Waals surface area (Å²) in [5.41, 5.74) is 0.476. The molecule has 0 bridgehead atoms. The van der Waals surface area contributed by atoms with Gasteiger partial charge in [0.15, 0.2) is 12.4 Å². The monoisotopic (exact) mass is 400 g/mol. The molecule has 1 aromatic heterocycles. The molecule has 0 aliphatic carbocycles. The van der Waals surface area contributed by atoms with Crippen molar-refractivity contribution in [1.29, 1.82) is 0 Å². The summed E-state index contributed by atoms with van der Waals surface area (Å²) in [5.74, 6) is -2.65. The number of carbonyl (C=O) groups is 1. The van der Waals surface area contributed by atoms with Crippen molar-refractivity contribution in [3.8, 4) is 17.1 Å². The van der Waals surface area contributed by atoms with Gasteiger partial charge >= 0.3 is 12.1 Å². The fourth-order valence-corrected chi connectivity index (χ4v) is 2.32. The molecule has 0 aliphatic heterocycles. The van der Waals surface area contributed by atoms with Gasteiger partial charge in [-0.15, -0.1) is 0 Å². The van der Waals surface area contributed by atoms with E-state index >= 15 is 0 Å². The smallest absolute Gasteiger partial charge is 0.471 e. The Bertz CT molecular complexity index is 951. The van der Waals surface area contributed by atoms with Gasteiger partial charge in [-0.05, 0) is 12.1 Å². The van der Waals surface area contributed by atoms with E-state index in [9.17, 15) is 22.4 Å². The molecule has 10 heteroatoms. The van der Waals surface area contributed by atoms with E-state index in [1.54, 1.807) is 0 Å². The summed E-state index contributed by atoms with van der Waals surface area (Å²) in [4.78, 5) is 15.4. The van der Waals surface area contributed by atoms with Crippen LogP contribution in [0, 0.1) is 5.82 Å². The van der Waals surface area contributed by atoms with E-state index in [4.69, 9.17) is 16.3 Å². The quantitative estimate of drug-likeness (QED) is 0.454. The van der Waals surface area contributed by atoms with Gasteiger partial charge in [0.25, 0.3) is 0 Å². The van der Waals surface area contributed by atoms with Gasteiger partial charge in [0.05, 0.1) is 0 Å². The Hall–Kier alpha value is -2.94. The lowest BCUT2D eigenvalue weighted by atomic mass is 10.1. The van der Waals surface area contributed by atoms with Gasteiger partial charge in [0, 0.05) is 22.2 Å². The summed E-state index contributed by atoms with van der Waals surface area (Å²) in [6, 6.07) is 9.03. The number of hydrogen-bond acceptors (Lipinski definition) is 5. The molecular weight excluding hydrogens is 392 g/mol. The van der Waals surface area contributed by atoms with Crippen LogP contribution in [0.25, 0.3) is 11.4 Å². The van der Waals surface area contributed by atoms with E-state index in [-0.39, 0.29) is 34.3 Å². The standard InChI is InChI=1S/C17H9ClF4N2O3/c18-11-5-12(19)7-13(6-11)26-8-14(25)9-1-3-10(4-2-9)15-23-16(27-24-15)17(20,21)22/h1-7H,8H2. The molecule has 3 rings (SSSR count). The molecule has 2 aromatic carbocycles. The Morgan fingerprint density at radius 1 is 1.15 bits per heavy atom. The Labute approximate surface area is 154 Å². The molecule has 0 N–H and O–H groups in total. The first-order valence-corrected chi connectivity index (χ1v) is 7.73. The van der Waals surface area contributed by atoms with Crippen molar-refractivity contribution in [2.75, 3.05) is 6.61 Å². The molecule has 140 valence electrons. The van der Waals surface area contributed by atoms with Crippen molar-refractivity contribution in [1.82, 2.24) is 10.1 Å². The maximum absolute atomic E-state index is 13.2. The number of rotatable bonds is 5. The lowest BCUT2D eigenvalue weighted by molar-refractivity contribution is -0.159. The second kappa shape index (κ2) is 7.36. The number of hydrogen-bond donors (Lipinski definition) is 0. The van der Waals surface area contributed by atoms with Crippen LogP contribution in [0.15, 0.2) is 47.0 Å². The molecule has 3 aromatic rings. The fourth-order valence-electron chi connectivity index (χ4n) is 2.11. The molecule has 1 heterocycles. The maximum Gasteiger partial charge on any atom is 0.471 e. The van der Waals surface area contributed by atoms with Gasteiger partial charge < -0.3 is 9.26 Å². The minimum Gasteiger partial charge on any atom is -0.485 e. The topological polar surface area (TPSA) is 65.2 Å². The number of Topliss-reactive ketones (excluding diaryl/α,β-unsaturated/α-hetero) is 1. The average molecular weight is 401 g/mol. The Morgan fingerprint density at radius 2 is 1.85 bits per heavy atom. The molecular formula is C17H9ClF4N2O3. The molecule has 0 aliphatic rings. The third-order valence-corrected chi connectivity index (χ3v) is 3.56. The van der Waals surface area contributed by atoms with Gasteiger partial charge in [0.1, 0.15) is 11.6 Å². The first kappa shape index (κ1) is 18.8. The number of aromatic nitrogens is 2. The molecule has 0 fully saturated rings. The van der Waals surface area contributed by atoms with Crippen molar-refractivity contribution in [3.63, 3.8) is 0 Å². The summed E-state index contributed by atoms with van der Waals surface area (Å²) < 4.78 is 60.0. The normalized spacial score (nSPS) is 11.4. The van der Waals surface area contributed by atoms with E-state index < -0.39 is 23.7 Å². The molecule has 0 saturated heterocycles. The highest BCUT2D eigenvalue weighted by atomic mass is 35.5. The van der Waals surface area contributed by atoms with Gasteiger partial charge in [-0.1, -0.05) is 41.0 Å². The molecule has 5 nitrogen and oxygen atoms in total. The van der Waals surface area contributed by atoms with Gasteiger partial charge in [-0.25, -0.2) is 4.39 Å². The number of halogens is 5. The van der Waals surface area contributed by atoms with E-state index in [0.717, 1.165) is 12.1 Å². The molecule has 0 unspecified atom stereocenters. The summed E-state index contributed by atoms with van der Waals surface area (Å²) >= 11 is 5.69. The van der Waals surface area contributed by atoms with Crippen molar-refractivity contribution < 1.29 is 31.6 Å². The van der Waals surface area contributed by atoms with E-state index in [1.807, 2.05) is 0 Å². The molecule has 0 spiro atoms. The van der Waals surface area contributed by atoms with Gasteiger partial charge in [0.2, 0.25) is 5.82 Å². The summed E-state index contributed by atoms with van der Waals surface area (Å²) in [5, 5.41) is 3.38. The molecule has 0 atom stereocenters. The molecule has 0 amide bonds. The van der Waals surface area contributed by atoms with Crippen LogP contribution in [0.3, 0.4) is 0 Å². The largest absolute Gasteiger partial charge is 0.485 e. The van der Waals surface area contributed by atoms with Crippen LogP contribution in [-0.2, 0) is 6.18 Å². The Morgan fingerprint density at radius 3 is 2.44 bits per heavy atom. The zero-order valence-electron chi connectivity index (χ0n) is 13.3. The van der Waals surface area contributed by atoms with Crippen LogP contribution in [0.1, 0.15) is 16.2 Å². The first-order valence-electron chi connectivity index (χ1n) is 7.36. The van der Waals surface area contributed by atoms with Gasteiger partial charge in [-0.2, -0.15) is 18.2 Å². The fraction of sp³-hybridized carbons (Fsp3) is 0.118. The van der Waals surface area contributed by atoms with Crippen LogP contribution in [0.4, 0.5) is 17.6 Å². The highest BCUT2D eigenvalue weighted by Crippen LogP contribution is 2.29. The number of nitrogens with zero attached hydrogens (tertiary/aromatic N) is 2.